The summed E-state index contributed by atoms with van der Waals surface area (Å²) >= 11 is 0. The molecule has 14 aromatic rings. The molecule has 0 saturated heterocycles. The van der Waals surface area contributed by atoms with Crippen LogP contribution in [0.15, 0.2) is 229 Å². The van der Waals surface area contributed by atoms with Crippen molar-refractivity contribution in [2.45, 2.75) is 0 Å². The molecule has 6 heteroatoms. The van der Waals surface area contributed by atoms with Gasteiger partial charge in [-0.15, -0.1) is 0 Å². The SMILES string of the molecule is c1ccc(-c2ccc(-c3nc(-c4cc5c(cc4-n4c6ccccc6c6cc7ccccc7cc64)oc4ccccc45)nc(-c4cccc5c4c4ccccc4n5-c4ccccc4)n3)cc2)cc1. The molecule has 312 valence electrons. The van der Waals surface area contributed by atoms with Crippen molar-refractivity contribution in [3.63, 3.8) is 0 Å². The van der Waals surface area contributed by atoms with E-state index >= 15 is 0 Å². The topological polar surface area (TPSA) is 61.7 Å². The zero-order chi connectivity index (χ0) is 44.0. The molecular formula is C61H37N5O. The molecule has 0 atom stereocenters. The molecule has 0 unspecified atom stereocenters. The quantitative estimate of drug-likeness (QED) is 0.167. The minimum Gasteiger partial charge on any atom is -0.456 e. The van der Waals surface area contributed by atoms with Crippen LogP contribution < -0.4 is 0 Å². The summed E-state index contributed by atoms with van der Waals surface area (Å²) in [6.07, 6.45) is 0. The largest absolute Gasteiger partial charge is 0.456 e. The first kappa shape index (κ1) is 37.3. The molecule has 4 aromatic heterocycles. The van der Waals surface area contributed by atoms with E-state index in [0.29, 0.717) is 17.5 Å². The summed E-state index contributed by atoms with van der Waals surface area (Å²) in [6, 6.07) is 79.1. The Labute approximate surface area is 384 Å². The number of benzene rings is 10. The van der Waals surface area contributed by atoms with Gasteiger partial charge < -0.3 is 13.6 Å². The Kier molecular flexibility index (Phi) is 8.18. The van der Waals surface area contributed by atoms with E-state index in [-0.39, 0.29) is 0 Å². The van der Waals surface area contributed by atoms with Crippen molar-refractivity contribution in [2.75, 3.05) is 0 Å². The summed E-state index contributed by atoms with van der Waals surface area (Å²) in [4.78, 5) is 16.5. The van der Waals surface area contributed by atoms with Gasteiger partial charge >= 0.3 is 0 Å². The van der Waals surface area contributed by atoms with Gasteiger partial charge in [0.05, 0.1) is 27.8 Å². The second-order valence-electron chi connectivity index (χ2n) is 17.2. The van der Waals surface area contributed by atoms with Crippen LogP contribution >= 0.6 is 0 Å². The Morgan fingerprint density at radius 2 is 0.896 bits per heavy atom. The molecule has 67 heavy (non-hydrogen) atoms. The first-order valence-electron chi connectivity index (χ1n) is 22.6. The zero-order valence-electron chi connectivity index (χ0n) is 36.0. The maximum absolute atomic E-state index is 6.67. The van der Waals surface area contributed by atoms with E-state index in [4.69, 9.17) is 19.4 Å². The van der Waals surface area contributed by atoms with Gasteiger partial charge in [-0.25, -0.2) is 15.0 Å². The summed E-state index contributed by atoms with van der Waals surface area (Å²) in [5.74, 6) is 1.73. The van der Waals surface area contributed by atoms with E-state index in [1.54, 1.807) is 0 Å². The Morgan fingerprint density at radius 3 is 1.69 bits per heavy atom. The molecule has 0 aliphatic rings. The molecule has 0 N–H and O–H groups in total. The van der Waals surface area contributed by atoms with Crippen LogP contribution in [0, 0.1) is 0 Å². The maximum Gasteiger partial charge on any atom is 0.166 e. The first-order valence-corrected chi connectivity index (χ1v) is 22.6. The molecule has 6 nitrogen and oxygen atoms in total. The summed E-state index contributed by atoms with van der Waals surface area (Å²) in [6.45, 7) is 0. The van der Waals surface area contributed by atoms with Gasteiger partial charge in [-0.3, -0.25) is 0 Å². The normalized spacial score (nSPS) is 11.9. The molecule has 0 fully saturated rings. The molecule has 0 saturated carbocycles. The summed E-state index contributed by atoms with van der Waals surface area (Å²) in [7, 11) is 0. The summed E-state index contributed by atoms with van der Waals surface area (Å²) in [5.41, 5.74) is 12.9. The van der Waals surface area contributed by atoms with Crippen LogP contribution in [0.5, 0.6) is 0 Å². The zero-order valence-corrected chi connectivity index (χ0v) is 36.0. The highest BCUT2D eigenvalue weighted by Crippen LogP contribution is 2.43. The van der Waals surface area contributed by atoms with Crippen molar-refractivity contribution in [1.29, 1.82) is 0 Å². The predicted octanol–water partition coefficient (Wildman–Crippen LogP) is 15.8. The molecule has 10 aromatic carbocycles. The van der Waals surface area contributed by atoms with Gasteiger partial charge in [0.25, 0.3) is 0 Å². The van der Waals surface area contributed by atoms with E-state index in [1.807, 2.05) is 18.2 Å². The Balaban J connectivity index is 1.09. The lowest BCUT2D eigenvalue weighted by Gasteiger charge is -2.15. The minimum absolute atomic E-state index is 0.560. The molecular weight excluding hydrogens is 819 g/mol. The standard InChI is InChI=1S/C61H37N5O/c1-3-16-38(17-4-1)39-30-32-40(33-31-39)59-62-60(47-25-15-28-53-58(47)46-24-10-13-27-52(46)65(53)43-20-5-2-6-21-43)64-61(63-59)50-36-49-45-23-11-14-29-56(45)67-57(49)37-55(50)66-51-26-12-9-22-44(51)48-34-41-18-7-8-19-42(41)35-54(48)66/h1-37H. The van der Waals surface area contributed by atoms with Crippen LogP contribution in [-0.2, 0) is 0 Å². The van der Waals surface area contributed by atoms with Crippen LogP contribution in [0.25, 0.3) is 133 Å². The van der Waals surface area contributed by atoms with Gasteiger partial charge in [-0.05, 0) is 76.5 Å². The van der Waals surface area contributed by atoms with Crippen LogP contribution in [0.2, 0.25) is 0 Å². The van der Waals surface area contributed by atoms with Gasteiger partial charge in [0.2, 0.25) is 0 Å². The fraction of sp³-hybridized carbons (Fsp3) is 0. The third kappa shape index (κ3) is 5.86. The Bertz CT molecular complexity index is 4260. The highest BCUT2D eigenvalue weighted by molar-refractivity contribution is 6.17. The second kappa shape index (κ2) is 14.7. The van der Waals surface area contributed by atoms with Gasteiger partial charge in [-0.1, -0.05) is 164 Å². The number of rotatable bonds is 6. The average molecular weight is 856 g/mol. The molecule has 4 heterocycles. The molecule has 14 rings (SSSR count). The lowest BCUT2D eigenvalue weighted by Crippen LogP contribution is -2.04. The van der Waals surface area contributed by atoms with E-state index in [1.165, 1.54) is 10.8 Å². The van der Waals surface area contributed by atoms with Crippen LogP contribution in [-0.4, -0.2) is 24.1 Å². The minimum atomic E-state index is 0.560. The van der Waals surface area contributed by atoms with E-state index < -0.39 is 0 Å². The third-order valence-electron chi connectivity index (χ3n) is 13.4. The predicted molar refractivity (Wildman–Crippen MR) is 275 cm³/mol. The van der Waals surface area contributed by atoms with E-state index in [2.05, 4.69) is 215 Å². The maximum atomic E-state index is 6.67. The number of aromatic nitrogens is 5. The fourth-order valence-electron chi connectivity index (χ4n) is 10.3. The molecule has 0 radical (unpaired) electrons. The number of fused-ring (bicyclic) bond motifs is 10. The van der Waals surface area contributed by atoms with E-state index in [0.717, 1.165) is 105 Å². The average Bonchev–Trinajstić information content (AvgIpc) is 4.05. The summed E-state index contributed by atoms with van der Waals surface area (Å²) in [5, 5.41) is 8.91. The smallest absolute Gasteiger partial charge is 0.166 e. The molecule has 0 aliphatic carbocycles. The van der Waals surface area contributed by atoms with Gasteiger partial charge in [0, 0.05) is 60.8 Å². The monoisotopic (exact) mass is 855 g/mol. The van der Waals surface area contributed by atoms with Crippen molar-refractivity contribution >= 4 is 76.3 Å². The van der Waals surface area contributed by atoms with Crippen molar-refractivity contribution < 1.29 is 4.42 Å². The van der Waals surface area contributed by atoms with Crippen molar-refractivity contribution in [3.8, 4) is 56.7 Å². The van der Waals surface area contributed by atoms with Crippen molar-refractivity contribution in [3.05, 3.63) is 224 Å². The Hall–Kier alpha value is -9.13. The van der Waals surface area contributed by atoms with E-state index in [9.17, 15) is 0 Å². The Morgan fingerprint density at radius 1 is 0.313 bits per heavy atom. The lowest BCUT2D eigenvalue weighted by molar-refractivity contribution is 0.668. The number of nitrogens with zero attached hydrogens (tertiary/aromatic N) is 5. The van der Waals surface area contributed by atoms with Gasteiger partial charge in [0.15, 0.2) is 17.5 Å². The van der Waals surface area contributed by atoms with Crippen LogP contribution in [0.4, 0.5) is 0 Å². The highest BCUT2D eigenvalue weighted by Gasteiger charge is 2.24. The second-order valence-corrected chi connectivity index (χ2v) is 17.2. The fourth-order valence-corrected chi connectivity index (χ4v) is 10.3. The van der Waals surface area contributed by atoms with Gasteiger partial charge in [-0.2, -0.15) is 0 Å². The molecule has 0 spiro atoms. The lowest BCUT2D eigenvalue weighted by atomic mass is 10.0. The molecule has 0 bridgehead atoms. The van der Waals surface area contributed by atoms with Crippen molar-refractivity contribution in [2.24, 2.45) is 0 Å². The first-order chi connectivity index (χ1) is 33.2. The molecule has 0 aliphatic heterocycles. The van der Waals surface area contributed by atoms with Gasteiger partial charge in [0.1, 0.15) is 11.2 Å². The number of hydrogen-bond donors (Lipinski definition) is 0. The number of furan rings is 1. The third-order valence-corrected chi connectivity index (χ3v) is 13.4. The molecule has 0 amide bonds. The van der Waals surface area contributed by atoms with Crippen molar-refractivity contribution in [1.82, 2.24) is 24.1 Å². The van der Waals surface area contributed by atoms with Crippen LogP contribution in [0.1, 0.15) is 0 Å². The number of hydrogen-bond acceptors (Lipinski definition) is 4. The number of para-hydroxylation sites is 4. The van der Waals surface area contributed by atoms with Crippen LogP contribution in [0.3, 0.4) is 0 Å². The highest BCUT2D eigenvalue weighted by atomic mass is 16.3. The summed E-state index contributed by atoms with van der Waals surface area (Å²) < 4.78 is 11.4.